The number of H-pyrrole nitrogens is 1. The molecule has 0 unspecified atom stereocenters. The summed E-state index contributed by atoms with van der Waals surface area (Å²) in [5, 5.41) is 7.01. The molecule has 0 atom stereocenters. The number of halogens is 1. The van der Waals surface area contributed by atoms with Crippen LogP contribution in [0, 0.1) is 6.92 Å². The topological polar surface area (TPSA) is 73.2 Å². The highest BCUT2D eigenvalue weighted by Crippen LogP contribution is 2.44. The minimum atomic E-state index is 0.426. The quantitative estimate of drug-likeness (QED) is 0.897. The molecule has 0 saturated carbocycles. The fraction of sp³-hybridized carbons (Fsp3) is 0.250. The summed E-state index contributed by atoms with van der Waals surface area (Å²) < 4.78 is 10.6. The van der Waals surface area contributed by atoms with Crippen molar-refractivity contribution in [3.8, 4) is 22.6 Å². The number of aromatic amines is 1. The van der Waals surface area contributed by atoms with Crippen LogP contribution in [-0.4, -0.2) is 24.4 Å². The minimum absolute atomic E-state index is 0.426. The average Bonchev–Trinajstić information content (AvgIpc) is 2.75. The zero-order valence-electron chi connectivity index (χ0n) is 10.4. The SMILES string of the molecule is COc1c(C)cc(-c2cn[nH]c2N)c(OC)c1Cl. The lowest BCUT2D eigenvalue weighted by Gasteiger charge is -2.15. The first kappa shape index (κ1) is 12.6. The van der Waals surface area contributed by atoms with Crippen LogP contribution >= 0.6 is 11.6 Å². The van der Waals surface area contributed by atoms with Crippen molar-refractivity contribution in [1.29, 1.82) is 0 Å². The third kappa shape index (κ3) is 1.86. The molecule has 0 saturated heterocycles. The van der Waals surface area contributed by atoms with Crippen LogP contribution in [0.15, 0.2) is 12.3 Å². The summed E-state index contributed by atoms with van der Waals surface area (Å²) in [5.74, 6) is 1.58. The molecule has 0 bridgehead atoms. The van der Waals surface area contributed by atoms with Gasteiger partial charge in [0.2, 0.25) is 0 Å². The Labute approximate surface area is 110 Å². The number of nitrogens with two attached hydrogens (primary N) is 1. The van der Waals surface area contributed by atoms with Gasteiger partial charge in [-0.2, -0.15) is 5.10 Å². The highest BCUT2D eigenvalue weighted by Gasteiger charge is 2.19. The van der Waals surface area contributed by atoms with Gasteiger partial charge in [-0.25, -0.2) is 0 Å². The van der Waals surface area contributed by atoms with Gasteiger partial charge >= 0.3 is 0 Å². The summed E-state index contributed by atoms with van der Waals surface area (Å²) >= 11 is 6.27. The predicted octanol–water partition coefficient (Wildman–Crippen LogP) is 2.64. The van der Waals surface area contributed by atoms with Crippen molar-refractivity contribution >= 4 is 17.4 Å². The summed E-state index contributed by atoms with van der Waals surface area (Å²) in [6.45, 7) is 1.91. The molecule has 5 nitrogen and oxygen atoms in total. The number of anilines is 1. The molecule has 6 heteroatoms. The number of hydrogen-bond acceptors (Lipinski definition) is 4. The fourth-order valence-corrected chi connectivity index (χ4v) is 2.31. The van der Waals surface area contributed by atoms with E-state index in [0.29, 0.717) is 22.3 Å². The largest absolute Gasteiger partial charge is 0.495 e. The van der Waals surface area contributed by atoms with Crippen LogP contribution in [0.1, 0.15) is 5.56 Å². The molecule has 3 N–H and O–H groups in total. The number of nitrogens with one attached hydrogen (secondary N) is 1. The van der Waals surface area contributed by atoms with Crippen molar-refractivity contribution in [3.05, 3.63) is 22.8 Å². The Kier molecular flexibility index (Phi) is 3.34. The number of hydrogen-bond donors (Lipinski definition) is 2. The fourth-order valence-electron chi connectivity index (χ4n) is 1.90. The lowest BCUT2D eigenvalue weighted by atomic mass is 10.0. The van der Waals surface area contributed by atoms with Gasteiger partial charge in [0.15, 0.2) is 0 Å². The van der Waals surface area contributed by atoms with Crippen molar-refractivity contribution in [3.63, 3.8) is 0 Å². The molecule has 96 valence electrons. The van der Waals surface area contributed by atoms with Crippen LogP contribution in [0.3, 0.4) is 0 Å². The molecule has 1 heterocycles. The second-order valence-electron chi connectivity index (χ2n) is 3.82. The number of aromatic nitrogens is 2. The van der Waals surface area contributed by atoms with Gasteiger partial charge in [-0.1, -0.05) is 11.6 Å². The molecule has 0 aliphatic heterocycles. The summed E-state index contributed by atoms with van der Waals surface area (Å²) in [5.41, 5.74) is 8.25. The smallest absolute Gasteiger partial charge is 0.149 e. The van der Waals surface area contributed by atoms with Crippen molar-refractivity contribution in [2.45, 2.75) is 6.92 Å². The van der Waals surface area contributed by atoms with E-state index in [1.54, 1.807) is 20.4 Å². The summed E-state index contributed by atoms with van der Waals surface area (Å²) in [6.07, 6.45) is 1.63. The number of ether oxygens (including phenoxy) is 2. The van der Waals surface area contributed by atoms with Crippen LogP contribution in [0.4, 0.5) is 5.82 Å². The van der Waals surface area contributed by atoms with Crippen molar-refractivity contribution in [2.75, 3.05) is 20.0 Å². The summed E-state index contributed by atoms with van der Waals surface area (Å²) in [4.78, 5) is 0. The minimum Gasteiger partial charge on any atom is -0.495 e. The summed E-state index contributed by atoms with van der Waals surface area (Å²) in [6, 6.07) is 1.91. The van der Waals surface area contributed by atoms with Crippen molar-refractivity contribution in [2.24, 2.45) is 0 Å². The lowest BCUT2D eigenvalue weighted by Crippen LogP contribution is -1.96. The van der Waals surface area contributed by atoms with E-state index in [4.69, 9.17) is 26.8 Å². The second-order valence-corrected chi connectivity index (χ2v) is 4.20. The monoisotopic (exact) mass is 267 g/mol. The number of nitrogens with zero attached hydrogens (tertiary/aromatic N) is 1. The van der Waals surface area contributed by atoms with E-state index in [9.17, 15) is 0 Å². The van der Waals surface area contributed by atoms with Crippen LogP contribution in [0.2, 0.25) is 5.02 Å². The Morgan fingerprint density at radius 3 is 2.39 bits per heavy atom. The molecule has 0 aliphatic rings. The van der Waals surface area contributed by atoms with Gasteiger partial charge in [0.25, 0.3) is 0 Å². The van der Waals surface area contributed by atoms with Gasteiger partial charge in [0.1, 0.15) is 22.3 Å². The van der Waals surface area contributed by atoms with Gasteiger partial charge in [0.05, 0.1) is 20.4 Å². The number of nitrogen functional groups attached to an aromatic ring is 1. The van der Waals surface area contributed by atoms with Gasteiger partial charge in [0, 0.05) is 11.1 Å². The van der Waals surface area contributed by atoms with Crippen LogP contribution in [-0.2, 0) is 0 Å². The number of methoxy groups -OCH3 is 2. The van der Waals surface area contributed by atoms with Crippen molar-refractivity contribution < 1.29 is 9.47 Å². The third-order valence-electron chi connectivity index (χ3n) is 2.73. The molecule has 1 aromatic heterocycles. The molecule has 1 aromatic carbocycles. The molecular formula is C12H14ClN3O2. The third-order valence-corrected chi connectivity index (χ3v) is 3.07. The van der Waals surface area contributed by atoms with Crippen LogP contribution in [0.5, 0.6) is 11.5 Å². The maximum atomic E-state index is 6.27. The van der Waals surface area contributed by atoms with E-state index in [2.05, 4.69) is 10.2 Å². The molecule has 2 rings (SSSR count). The zero-order chi connectivity index (χ0) is 13.3. The Bertz CT molecular complexity index is 581. The van der Waals surface area contributed by atoms with Gasteiger partial charge in [-0.05, 0) is 18.6 Å². The Morgan fingerprint density at radius 1 is 1.22 bits per heavy atom. The molecule has 0 radical (unpaired) electrons. The standard InChI is InChI=1S/C12H14ClN3O2/c1-6-4-7(8-5-15-16-12(8)14)11(18-3)9(13)10(6)17-2/h4-5H,1-3H3,(H3,14,15,16). The van der Waals surface area contributed by atoms with E-state index < -0.39 is 0 Å². The first-order valence-corrected chi connectivity index (χ1v) is 5.68. The predicted molar refractivity (Wildman–Crippen MR) is 71.3 cm³/mol. The number of aryl methyl sites for hydroxylation is 1. The lowest BCUT2D eigenvalue weighted by molar-refractivity contribution is 0.394. The molecule has 0 amide bonds. The first-order chi connectivity index (χ1) is 8.60. The first-order valence-electron chi connectivity index (χ1n) is 5.30. The molecule has 0 fully saturated rings. The van der Waals surface area contributed by atoms with E-state index in [0.717, 1.165) is 16.7 Å². The van der Waals surface area contributed by atoms with Gasteiger partial charge in [-0.15, -0.1) is 0 Å². The normalized spacial score (nSPS) is 10.4. The second kappa shape index (κ2) is 4.78. The molecular weight excluding hydrogens is 254 g/mol. The number of benzene rings is 1. The highest BCUT2D eigenvalue weighted by atomic mass is 35.5. The molecule has 2 aromatic rings. The van der Waals surface area contributed by atoms with Crippen LogP contribution in [0.25, 0.3) is 11.1 Å². The highest BCUT2D eigenvalue weighted by molar-refractivity contribution is 6.34. The van der Waals surface area contributed by atoms with Crippen LogP contribution < -0.4 is 15.2 Å². The number of rotatable bonds is 3. The molecule has 0 spiro atoms. The van der Waals surface area contributed by atoms with E-state index >= 15 is 0 Å². The average molecular weight is 268 g/mol. The molecule has 0 aliphatic carbocycles. The zero-order valence-corrected chi connectivity index (χ0v) is 11.1. The Balaban J connectivity index is 2.72. The van der Waals surface area contributed by atoms with E-state index in [1.165, 1.54) is 0 Å². The maximum Gasteiger partial charge on any atom is 0.149 e. The Morgan fingerprint density at radius 2 is 1.89 bits per heavy atom. The van der Waals surface area contributed by atoms with E-state index in [1.807, 2.05) is 13.0 Å². The van der Waals surface area contributed by atoms with Gasteiger partial charge in [-0.3, -0.25) is 5.10 Å². The summed E-state index contributed by atoms with van der Waals surface area (Å²) in [7, 11) is 3.12. The van der Waals surface area contributed by atoms with Crippen molar-refractivity contribution in [1.82, 2.24) is 10.2 Å². The van der Waals surface area contributed by atoms with E-state index in [-0.39, 0.29) is 0 Å². The maximum absolute atomic E-state index is 6.27. The van der Waals surface area contributed by atoms with Gasteiger partial charge < -0.3 is 15.2 Å². The molecule has 18 heavy (non-hydrogen) atoms. The Hall–Kier alpha value is -1.88.